The van der Waals surface area contributed by atoms with E-state index < -0.39 is 5.60 Å². The average Bonchev–Trinajstić information content (AvgIpc) is 3.27. The number of aliphatic hydroxyl groups is 1. The number of piperidine rings is 1. The first-order chi connectivity index (χ1) is 12.0. The minimum atomic E-state index is -0.753. The molecule has 2 atom stereocenters. The molecule has 0 spiro atoms. The van der Waals surface area contributed by atoms with Crippen LogP contribution >= 0.6 is 0 Å². The highest BCUT2D eigenvalue weighted by atomic mass is 16.5. The largest absolute Gasteiger partial charge is 0.455 e. The highest BCUT2D eigenvalue weighted by molar-refractivity contribution is 5.91. The van der Waals surface area contributed by atoms with Crippen LogP contribution in [0.25, 0.3) is 0 Å². The van der Waals surface area contributed by atoms with E-state index >= 15 is 0 Å². The number of carbonyl (C=O) groups excluding carboxylic acids is 1. The number of nitrogens with zero attached hydrogens (tertiary/aromatic N) is 2. The molecule has 0 aromatic carbocycles. The molecule has 0 bridgehead atoms. The third-order valence-electron chi connectivity index (χ3n) is 5.70. The summed E-state index contributed by atoms with van der Waals surface area (Å²) < 4.78 is 10.9. The Morgan fingerprint density at radius 3 is 2.80 bits per heavy atom. The van der Waals surface area contributed by atoms with Gasteiger partial charge in [0.25, 0.3) is 5.91 Å². The Hall–Kier alpha value is -1.37. The van der Waals surface area contributed by atoms with E-state index in [0.29, 0.717) is 38.3 Å². The van der Waals surface area contributed by atoms with Gasteiger partial charge in [-0.1, -0.05) is 6.92 Å². The monoisotopic (exact) mass is 350 g/mol. The number of furan rings is 1. The van der Waals surface area contributed by atoms with Gasteiger partial charge in [0, 0.05) is 32.7 Å². The molecule has 1 amide bonds. The molecule has 6 heteroatoms. The lowest BCUT2D eigenvalue weighted by molar-refractivity contribution is -0.0753. The molecule has 25 heavy (non-hydrogen) atoms. The van der Waals surface area contributed by atoms with Crippen LogP contribution in [0.2, 0.25) is 0 Å². The lowest BCUT2D eigenvalue weighted by Gasteiger charge is -2.43. The van der Waals surface area contributed by atoms with Crippen LogP contribution in [0.5, 0.6) is 0 Å². The van der Waals surface area contributed by atoms with Crippen molar-refractivity contribution in [1.29, 1.82) is 0 Å². The van der Waals surface area contributed by atoms with E-state index in [9.17, 15) is 9.90 Å². The first-order valence-electron chi connectivity index (χ1n) is 9.33. The molecule has 2 fully saturated rings. The van der Waals surface area contributed by atoms with Crippen LogP contribution in [0.3, 0.4) is 0 Å². The van der Waals surface area contributed by atoms with Gasteiger partial charge in [0.1, 0.15) is 5.76 Å². The van der Waals surface area contributed by atoms with Crippen molar-refractivity contribution in [1.82, 2.24) is 9.80 Å². The van der Waals surface area contributed by atoms with Gasteiger partial charge in [-0.3, -0.25) is 9.69 Å². The highest BCUT2D eigenvalue weighted by Crippen LogP contribution is 2.31. The summed E-state index contributed by atoms with van der Waals surface area (Å²) in [6.45, 7) is 6.61. The van der Waals surface area contributed by atoms with E-state index in [1.165, 1.54) is 12.8 Å². The highest BCUT2D eigenvalue weighted by Gasteiger charge is 2.40. The van der Waals surface area contributed by atoms with Crippen molar-refractivity contribution in [2.24, 2.45) is 5.92 Å². The lowest BCUT2D eigenvalue weighted by Crippen LogP contribution is -2.52. The van der Waals surface area contributed by atoms with E-state index in [2.05, 4.69) is 4.90 Å². The first kappa shape index (κ1) is 18.4. The Kier molecular flexibility index (Phi) is 5.81. The van der Waals surface area contributed by atoms with Crippen LogP contribution < -0.4 is 0 Å². The summed E-state index contributed by atoms with van der Waals surface area (Å²) in [7, 11) is 1.64. The zero-order chi connectivity index (χ0) is 17.9. The van der Waals surface area contributed by atoms with Crippen molar-refractivity contribution in [2.75, 3.05) is 39.9 Å². The topological polar surface area (TPSA) is 66.2 Å². The maximum Gasteiger partial charge on any atom is 0.289 e. The normalized spacial score (nSPS) is 27.8. The Balaban J connectivity index is 1.57. The van der Waals surface area contributed by atoms with Crippen LogP contribution in [-0.2, 0) is 11.3 Å². The molecule has 0 aliphatic carbocycles. The van der Waals surface area contributed by atoms with Gasteiger partial charge in [0.2, 0.25) is 0 Å². The van der Waals surface area contributed by atoms with Crippen LogP contribution in [-0.4, -0.2) is 66.3 Å². The average molecular weight is 350 g/mol. The summed E-state index contributed by atoms with van der Waals surface area (Å²) in [6.07, 6.45) is 3.66. The van der Waals surface area contributed by atoms with Gasteiger partial charge in [-0.25, -0.2) is 0 Å². The van der Waals surface area contributed by atoms with E-state index in [1.807, 2.05) is 13.0 Å². The molecule has 3 heterocycles. The number of amides is 1. The van der Waals surface area contributed by atoms with Crippen molar-refractivity contribution in [2.45, 2.75) is 44.8 Å². The van der Waals surface area contributed by atoms with Crippen LogP contribution in [0, 0.1) is 5.92 Å². The fraction of sp³-hybridized carbons (Fsp3) is 0.737. The van der Waals surface area contributed by atoms with Crippen molar-refractivity contribution < 1.29 is 19.1 Å². The number of rotatable bonds is 6. The van der Waals surface area contributed by atoms with Crippen molar-refractivity contribution in [3.8, 4) is 0 Å². The van der Waals surface area contributed by atoms with E-state index in [4.69, 9.17) is 9.15 Å². The van der Waals surface area contributed by atoms with Crippen LogP contribution in [0.15, 0.2) is 16.5 Å². The molecular formula is C19H30N2O4. The van der Waals surface area contributed by atoms with Gasteiger partial charge in [-0.15, -0.1) is 0 Å². The molecule has 2 aliphatic rings. The Labute approximate surface area is 149 Å². The molecule has 0 radical (unpaired) electrons. The molecule has 140 valence electrons. The summed E-state index contributed by atoms with van der Waals surface area (Å²) in [5.41, 5.74) is -0.753. The summed E-state index contributed by atoms with van der Waals surface area (Å²) in [6, 6.07) is 3.69. The van der Waals surface area contributed by atoms with E-state index in [1.54, 1.807) is 18.1 Å². The molecular weight excluding hydrogens is 320 g/mol. The number of hydrogen-bond acceptors (Lipinski definition) is 5. The van der Waals surface area contributed by atoms with Gasteiger partial charge < -0.3 is 19.2 Å². The summed E-state index contributed by atoms with van der Waals surface area (Å²) in [4.78, 5) is 16.9. The molecule has 3 rings (SSSR count). The second-order valence-electron chi connectivity index (χ2n) is 7.50. The smallest absolute Gasteiger partial charge is 0.289 e. The second kappa shape index (κ2) is 7.89. The number of hydrogen-bond donors (Lipinski definition) is 1. The predicted octanol–water partition coefficient (Wildman–Crippen LogP) is 2.12. The number of methoxy groups -OCH3 is 1. The molecule has 0 saturated carbocycles. The summed E-state index contributed by atoms with van der Waals surface area (Å²) in [5.74, 6) is 1.20. The second-order valence-corrected chi connectivity index (χ2v) is 7.50. The van der Waals surface area contributed by atoms with Crippen molar-refractivity contribution >= 4 is 5.91 Å². The minimum Gasteiger partial charge on any atom is -0.455 e. The number of likely N-dealkylation sites (tertiary alicyclic amines) is 2. The molecule has 2 aliphatic heterocycles. The number of carbonyl (C=O) groups is 1. The van der Waals surface area contributed by atoms with Gasteiger partial charge in [0.05, 0.1) is 12.1 Å². The molecule has 1 N–H and O–H groups in total. The van der Waals surface area contributed by atoms with E-state index in [-0.39, 0.29) is 11.8 Å². The van der Waals surface area contributed by atoms with E-state index in [0.717, 1.165) is 25.4 Å². The fourth-order valence-electron chi connectivity index (χ4n) is 3.90. The predicted molar refractivity (Wildman–Crippen MR) is 94.3 cm³/mol. The van der Waals surface area contributed by atoms with Gasteiger partial charge in [-0.2, -0.15) is 0 Å². The summed E-state index contributed by atoms with van der Waals surface area (Å²) >= 11 is 0. The molecule has 1 aromatic heterocycles. The third kappa shape index (κ3) is 4.25. The molecule has 6 nitrogen and oxygen atoms in total. The summed E-state index contributed by atoms with van der Waals surface area (Å²) in [5, 5.41) is 10.8. The molecule has 0 unspecified atom stereocenters. The van der Waals surface area contributed by atoms with Crippen LogP contribution in [0.1, 0.15) is 48.9 Å². The lowest BCUT2D eigenvalue weighted by atomic mass is 9.80. The standard InChI is InChI=1S/C19H30N2O4/c1-15-13-21(11-7-19(15,23)8-12-24-2)18(22)17-6-5-16(25-17)14-20-9-3-4-10-20/h5-6,15,23H,3-4,7-14H2,1-2H3/t15-,19-/m1/s1. The maximum atomic E-state index is 12.7. The zero-order valence-electron chi connectivity index (χ0n) is 15.4. The number of ether oxygens (including phenoxy) is 1. The van der Waals surface area contributed by atoms with Gasteiger partial charge >= 0.3 is 0 Å². The SMILES string of the molecule is COCC[C@]1(O)CCN(C(=O)c2ccc(CN3CCCC3)o2)C[C@H]1C. The Morgan fingerprint density at radius 2 is 2.12 bits per heavy atom. The van der Waals surface area contributed by atoms with Gasteiger partial charge in [0.15, 0.2) is 5.76 Å². The van der Waals surface area contributed by atoms with Gasteiger partial charge in [-0.05, 0) is 50.9 Å². The van der Waals surface area contributed by atoms with Crippen LogP contribution in [0.4, 0.5) is 0 Å². The van der Waals surface area contributed by atoms with Crippen molar-refractivity contribution in [3.05, 3.63) is 23.7 Å². The third-order valence-corrected chi connectivity index (χ3v) is 5.70. The Morgan fingerprint density at radius 1 is 1.36 bits per heavy atom. The first-order valence-corrected chi connectivity index (χ1v) is 9.33. The minimum absolute atomic E-state index is 0.0133. The molecule has 2 saturated heterocycles. The Bertz CT molecular complexity index is 582. The maximum absolute atomic E-state index is 12.7. The van der Waals surface area contributed by atoms with Crippen molar-refractivity contribution in [3.63, 3.8) is 0 Å². The fourth-order valence-corrected chi connectivity index (χ4v) is 3.90. The zero-order valence-corrected chi connectivity index (χ0v) is 15.4. The molecule has 1 aromatic rings. The quantitative estimate of drug-likeness (QED) is 0.851.